The first kappa shape index (κ1) is 11.4. The van der Waals surface area contributed by atoms with Gasteiger partial charge in [0.25, 0.3) is 0 Å². The van der Waals surface area contributed by atoms with Crippen LogP contribution in [0.4, 0.5) is 0 Å². The molecular formula is C11H21N. The molecule has 0 aromatic heterocycles. The molecule has 0 rings (SSSR count). The van der Waals surface area contributed by atoms with Gasteiger partial charge in [-0.05, 0) is 46.2 Å². The number of allylic oxidation sites excluding steroid dienone is 2. The lowest BCUT2D eigenvalue weighted by Gasteiger charge is -2.10. The van der Waals surface area contributed by atoms with Gasteiger partial charge in [0, 0.05) is 0 Å². The van der Waals surface area contributed by atoms with Crippen molar-refractivity contribution < 1.29 is 0 Å². The molecule has 0 heterocycles. The average molecular weight is 167 g/mol. The molecule has 12 heavy (non-hydrogen) atoms. The van der Waals surface area contributed by atoms with E-state index in [0.29, 0.717) is 0 Å². The molecule has 0 aliphatic rings. The summed E-state index contributed by atoms with van der Waals surface area (Å²) in [5, 5.41) is 0. The highest BCUT2D eigenvalue weighted by Crippen LogP contribution is 2.05. The fourth-order valence-corrected chi connectivity index (χ4v) is 0.794. The molecule has 1 heteroatoms. The SMILES string of the molecule is CC/C=C/CCC=NC(C)(C)C. The number of aliphatic imine (C=N–C) groups is 1. The molecule has 0 fully saturated rings. The van der Waals surface area contributed by atoms with Crippen LogP contribution >= 0.6 is 0 Å². The summed E-state index contributed by atoms with van der Waals surface area (Å²) in [5.74, 6) is 0. The number of unbranched alkanes of at least 4 members (excludes halogenated alkanes) is 1. The number of rotatable bonds is 4. The van der Waals surface area contributed by atoms with E-state index in [1.165, 1.54) is 0 Å². The Morgan fingerprint density at radius 2 is 1.75 bits per heavy atom. The largest absolute Gasteiger partial charge is 0.292 e. The third kappa shape index (κ3) is 9.41. The van der Waals surface area contributed by atoms with Crippen LogP contribution in [-0.4, -0.2) is 11.8 Å². The smallest absolute Gasteiger partial charge is 0.0520 e. The standard InChI is InChI=1S/C11H21N/c1-5-6-7-8-9-10-12-11(2,3)4/h6-7,10H,5,8-9H2,1-4H3/b7-6+,12-10?. The van der Waals surface area contributed by atoms with E-state index in [2.05, 4.69) is 44.8 Å². The van der Waals surface area contributed by atoms with Gasteiger partial charge < -0.3 is 0 Å². The van der Waals surface area contributed by atoms with Crippen molar-refractivity contribution in [3.63, 3.8) is 0 Å². The van der Waals surface area contributed by atoms with Gasteiger partial charge in [-0.2, -0.15) is 0 Å². The van der Waals surface area contributed by atoms with E-state index in [4.69, 9.17) is 0 Å². The normalized spacial score (nSPS) is 13.3. The van der Waals surface area contributed by atoms with Crippen LogP contribution in [0.1, 0.15) is 47.0 Å². The minimum absolute atomic E-state index is 0.0917. The second kappa shape index (κ2) is 5.99. The van der Waals surface area contributed by atoms with Crippen LogP contribution in [0, 0.1) is 0 Å². The highest BCUT2D eigenvalue weighted by molar-refractivity contribution is 5.57. The van der Waals surface area contributed by atoms with E-state index in [1.54, 1.807) is 0 Å². The topological polar surface area (TPSA) is 12.4 Å². The Bertz CT molecular complexity index is 149. The lowest BCUT2D eigenvalue weighted by Crippen LogP contribution is -2.09. The Morgan fingerprint density at radius 3 is 2.25 bits per heavy atom. The molecule has 0 N–H and O–H groups in total. The zero-order chi connectivity index (χ0) is 9.45. The van der Waals surface area contributed by atoms with E-state index in [-0.39, 0.29) is 5.54 Å². The lowest BCUT2D eigenvalue weighted by atomic mass is 10.1. The van der Waals surface area contributed by atoms with Crippen LogP contribution in [0.15, 0.2) is 17.1 Å². The maximum atomic E-state index is 4.40. The second-order valence-electron chi connectivity index (χ2n) is 3.94. The van der Waals surface area contributed by atoms with Crippen LogP contribution < -0.4 is 0 Å². The third-order valence-corrected chi connectivity index (χ3v) is 1.34. The molecule has 0 aliphatic carbocycles. The van der Waals surface area contributed by atoms with E-state index in [1.807, 2.05) is 6.21 Å². The number of nitrogens with zero attached hydrogens (tertiary/aromatic N) is 1. The summed E-state index contributed by atoms with van der Waals surface area (Å²) in [5.41, 5.74) is 0.0917. The molecule has 0 atom stereocenters. The predicted molar refractivity (Wildman–Crippen MR) is 56.9 cm³/mol. The van der Waals surface area contributed by atoms with Gasteiger partial charge in [0.2, 0.25) is 0 Å². The van der Waals surface area contributed by atoms with Crippen molar-refractivity contribution in [1.29, 1.82) is 0 Å². The van der Waals surface area contributed by atoms with Gasteiger partial charge in [0.15, 0.2) is 0 Å². The van der Waals surface area contributed by atoms with Crippen LogP contribution in [-0.2, 0) is 0 Å². The van der Waals surface area contributed by atoms with E-state index < -0.39 is 0 Å². The fourth-order valence-electron chi connectivity index (χ4n) is 0.794. The van der Waals surface area contributed by atoms with Gasteiger partial charge in [0.1, 0.15) is 0 Å². The van der Waals surface area contributed by atoms with E-state index >= 15 is 0 Å². The van der Waals surface area contributed by atoms with Crippen molar-refractivity contribution >= 4 is 6.21 Å². The molecule has 1 nitrogen and oxygen atoms in total. The fraction of sp³-hybridized carbons (Fsp3) is 0.727. The monoisotopic (exact) mass is 167 g/mol. The first-order valence-electron chi connectivity index (χ1n) is 4.75. The second-order valence-corrected chi connectivity index (χ2v) is 3.94. The van der Waals surface area contributed by atoms with Crippen molar-refractivity contribution in [2.45, 2.75) is 52.5 Å². The number of hydrogen-bond acceptors (Lipinski definition) is 1. The van der Waals surface area contributed by atoms with Crippen molar-refractivity contribution in [3.05, 3.63) is 12.2 Å². The van der Waals surface area contributed by atoms with Crippen molar-refractivity contribution in [1.82, 2.24) is 0 Å². The van der Waals surface area contributed by atoms with Crippen LogP contribution in [0.3, 0.4) is 0 Å². The van der Waals surface area contributed by atoms with Crippen molar-refractivity contribution in [2.24, 2.45) is 4.99 Å². The summed E-state index contributed by atoms with van der Waals surface area (Å²) in [4.78, 5) is 4.40. The quantitative estimate of drug-likeness (QED) is 0.344. The highest BCUT2D eigenvalue weighted by atomic mass is 14.8. The summed E-state index contributed by atoms with van der Waals surface area (Å²) in [6.45, 7) is 8.50. The summed E-state index contributed by atoms with van der Waals surface area (Å²) in [7, 11) is 0. The van der Waals surface area contributed by atoms with Gasteiger partial charge in [-0.1, -0.05) is 19.1 Å². The molecule has 0 bridgehead atoms. The van der Waals surface area contributed by atoms with Crippen LogP contribution in [0.5, 0.6) is 0 Å². The Hall–Kier alpha value is -0.590. The summed E-state index contributed by atoms with van der Waals surface area (Å²) in [6, 6.07) is 0. The predicted octanol–water partition coefficient (Wildman–Crippen LogP) is 3.60. The van der Waals surface area contributed by atoms with Gasteiger partial charge in [-0.3, -0.25) is 4.99 Å². The Balaban J connectivity index is 3.43. The molecule has 0 amide bonds. The van der Waals surface area contributed by atoms with E-state index in [9.17, 15) is 0 Å². The Labute approximate surface area is 76.6 Å². The Kier molecular flexibility index (Phi) is 5.69. The summed E-state index contributed by atoms with van der Waals surface area (Å²) >= 11 is 0. The molecule has 0 aliphatic heterocycles. The molecule has 0 unspecified atom stereocenters. The molecule has 0 saturated carbocycles. The molecule has 0 radical (unpaired) electrons. The van der Waals surface area contributed by atoms with Gasteiger partial charge in [-0.25, -0.2) is 0 Å². The Morgan fingerprint density at radius 1 is 1.08 bits per heavy atom. The molecule has 0 saturated heterocycles. The summed E-state index contributed by atoms with van der Waals surface area (Å²) < 4.78 is 0. The molecule has 0 aromatic rings. The van der Waals surface area contributed by atoms with Gasteiger partial charge >= 0.3 is 0 Å². The first-order valence-corrected chi connectivity index (χ1v) is 4.75. The zero-order valence-corrected chi connectivity index (χ0v) is 8.80. The average Bonchev–Trinajstić information content (AvgIpc) is 1.94. The van der Waals surface area contributed by atoms with Crippen molar-refractivity contribution in [3.8, 4) is 0 Å². The molecule has 0 spiro atoms. The van der Waals surface area contributed by atoms with Crippen LogP contribution in [0.25, 0.3) is 0 Å². The highest BCUT2D eigenvalue weighted by Gasteiger charge is 2.03. The van der Waals surface area contributed by atoms with Gasteiger partial charge in [0.05, 0.1) is 5.54 Å². The maximum Gasteiger partial charge on any atom is 0.0520 e. The summed E-state index contributed by atoms with van der Waals surface area (Å²) in [6.07, 6.45) is 9.76. The lowest BCUT2D eigenvalue weighted by molar-refractivity contribution is 0.585. The first-order chi connectivity index (χ1) is 5.56. The molecule has 0 aromatic carbocycles. The zero-order valence-electron chi connectivity index (χ0n) is 8.80. The molecule has 70 valence electrons. The minimum atomic E-state index is 0.0917. The molecular weight excluding hydrogens is 146 g/mol. The van der Waals surface area contributed by atoms with Crippen molar-refractivity contribution in [2.75, 3.05) is 0 Å². The third-order valence-electron chi connectivity index (χ3n) is 1.34. The maximum absolute atomic E-state index is 4.40. The van der Waals surface area contributed by atoms with E-state index in [0.717, 1.165) is 19.3 Å². The van der Waals surface area contributed by atoms with Gasteiger partial charge in [-0.15, -0.1) is 0 Å². The van der Waals surface area contributed by atoms with Crippen LogP contribution in [0.2, 0.25) is 0 Å². The number of hydrogen-bond donors (Lipinski definition) is 0. The minimum Gasteiger partial charge on any atom is -0.292 e.